The van der Waals surface area contributed by atoms with E-state index in [9.17, 15) is 43.2 Å². The van der Waals surface area contributed by atoms with Crippen LogP contribution in [-0.2, 0) is 65.4 Å². The second-order valence-electron chi connectivity index (χ2n) is 28.5. The van der Waals surface area contributed by atoms with Gasteiger partial charge in [-0.1, -0.05) is 317 Å². The van der Waals surface area contributed by atoms with Gasteiger partial charge in [0, 0.05) is 25.7 Å². The second-order valence-corrected chi connectivity index (χ2v) is 31.4. The van der Waals surface area contributed by atoms with E-state index in [0.717, 1.165) is 127 Å². The lowest BCUT2D eigenvalue weighted by atomic mass is 10.0. The summed E-state index contributed by atoms with van der Waals surface area (Å²) >= 11 is 0. The molecular formula is C77H146O17P2. The summed E-state index contributed by atoms with van der Waals surface area (Å²) in [6, 6.07) is 0. The maximum absolute atomic E-state index is 13.1. The molecule has 0 bridgehead atoms. The van der Waals surface area contributed by atoms with Gasteiger partial charge in [0.1, 0.15) is 19.3 Å². The highest BCUT2D eigenvalue weighted by atomic mass is 31.2. The molecule has 0 aliphatic heterocycles. The van der Waals surface area contributed by atoms with Crippen LogP contribution in [0.1, 0.15) is 370 Å². The Morgan fingerprint density at radius 2 is 0.562 bits per heavy atom. The van der Waals surface area contributed by atoms with E-state index in [2.05, 4.69) is 72.8 Å². The first-order chi connectivity index (χ1) is 46.2. The molecule has 0 spiro atoms. The molecule has 19 heteroatoms. The van der Waals surface area contributed by atoms with Gasteiger partial charge in [-0.2, -0.15) is 0 Å². The van der Waals surface area contributed by atoms with Crippen molar-refractivity contribution < 1.29 is 80.2 Å². The zero-order valence-electron chi connectivity index (χ0n) is 62.3. The molecule has 17 nitrogen and oxygen atoms in total. The molecule has 566 valence electrons. The van der Waals surface area contributed by atoms with Crippen LogP contribution in [0.4, 0.5) is 0 Å². The smallest absolute Gasteiger partial charge is 0.462 e. The van der Waals surface area contributed by atoms with Crippen molar-refractivity contribution in [2.24, 2.45) is 17.8 Å². The Labute approximate surface area is 586 Å². The standard InChI is InChI=1S/C77H146O17P2/c1-8-9-10-11-12-13-14-15-18-22-25-31-36-44-51-58-74(79)87-64-72(93-77(82)61-54-47-38-33-28-27-30-35-42-49-56-69(4)5)66-91-95(83,84)89-62-71(78)63-90-96(85,86)92-67-73(65-88-75(80)59-52-45-40-39-43-50-57-70(6)7)94-76(81)60-53-46-37-32-26-23-20-17-16-19-21-24-29-34-41-48-55-68(2)3/h13-15,18,68-73,78H,8-12,16-17,19-67H2,1-7H3,(H,83,84)(H,85,86)/b14-13-,18-15-/t71?,72-,73-/m1/s1. The topological polar surface area (TPSA) is 237 Å². The Hall–Kier alpha value is -2.46. The van der Waals surface area contributed by atoms with Crippen LogP contribution in [0.3, 0.4) is 0 Å². The lowest BCUT2D eigenvalue weighted by molar-refractivity contribution is -0.161. The van der Waals surface area contributed by atoms with Gasteiger partial charge in [-0.25, -0.2) is 9.13 Å². The normalized spacial score (nSPS) is 14.2. The Bertz CT molecular complexity index is 1960. The van der Waals surface area contributed by atoms with E-state index in [1.807, 2.05) is 0 Å². The SMILES string of the molecule is CCCCCC/C=C\C=C/CCCCCCCC(=O)OC[C@H](COP(=O)(O)OCC(O)COP(=O)(O)OC[C@@H](COC(=O)CCCCCCCCC(C)C)OC(=O)CCCCCCCCCCCCCCCCCCC(C)C)OC(=O)CCCCCCCCCCCCC(C)C. The van der Waals surface area contributed by atoms with E-state index in [4.69, 9.17) is 37.0 Å². The number of phosphoric acid groups is 2. The van der Waals surface area contributed by atoms with Crippen LogP contribution in [0.2, 0.25) is 0 Å². The van der Waals surface area contributed by atoms with Crippen molar-refractivity contribution in [2.75, 3.05) is 39.6 Å². The molecule has 0 saturated heterocycles. The van der Waals surface area contributed by atoms with Crippen molar-refractivity contribution in [1.29, 1.82) is 0 Å². The number of carbonyl (C=O) groups is 4. The summed E-state index contributed by atoms with van der Waals surface area (Å²) in [6.45, 7) is 11.8. The third kappa shape index (κ3) is 70.0. The lowest BCUT2D eigenvalue weighted by Crippen LogP contribution is -2.30. The first-order valence-electron chi connectivity index (χ1n) is 39.2. The number of esters is 4. The van der Waals surface area contributed by atoms with Crippen molar-refractivity contribution >= 4 is 39.5 Å². The summed E-state index contributed by atoms with van der Waals surface area (Å²) in [5.74, 6) is 0.0853. The number of hydrogen-bond donors (Lipinski definition) is 3. The predicted octanol–water partition coefficient (Wildman–Crippen LogP) is 22.1. The van der Waals surface area contributed by atoms with Crippen LogP contribution in [-0.4, -0.2) is 96.7 Å². The number of allylic oxidation sites excluding steroid dienone is 4. The first-order valence-corrected chi connectivity index (χ1v) is 42.2. The summed E-state index contributed by atoms with van der Waals surface area (Å²) in [5, 5.41) is 10.6. The minimum atomic E-state index is -4.96. The number of phosphoric ester groups is 2. The van der Waals surface area contributed by atoms with Gasteiger partial charge in [0.15, 0.2) is 12.2 Å². The number of aliphatic hydroxyl groups is 1. The number of ether oxygens (including phenoxy) is 4. The monoisotopic (exact) mass is 1410 g/mol. The molecule has 0 amide bonds. The van der Waals surface area contributed by atoms with E-state index in [1.54, 1.807) is 0 Å². The molecule has 0 heterocycles. The second kappa shape index (κ2) is 67.1. The van der Waals surface area contributed by atoms with Crippen molar-refractivity contribution in [1.82, 2.24) is 0 Å². The van der Waals surface area contributed by atoms with Crippen LogP contribution in [0.5, 0.6) is 0 Å². The number of unbranched alkanes of at least 4 members (excludes halogenated alkanes) is 38. The number of aliphatic hydroxyl groups excluding tert-OH is 1. The summed E-state index contributed by atoms with van der Waals surface area (Å²) in [5.41, 5.74) is 0. The van der Waals surface area contributed by atoms with Gasteiger partial charge >= 0.3 is 39.5 Å². The van der Waals surface area contributed by atoms with Crippen LogP contribution in [0.15, 0.2) is 24.3 Å². The molecule has 0 rings (SSSR count). The maximum atomic E-state index is 13.1. The average Bonchev–Trinajstić information content (AvgIpc) is 2.80. The number of carbonyl (C=O) groups excluding carboxylic acids is 4. The number of rotatable bonds is 73. The number of hydrogen-bond acceptors (Lipinski definition) is 15. The highest BCUT2D eigenvalue weighted by Gasteiger charge is 2.30. The minimum absolute atomic E-state index is 0.0987. The summed E-state index contributed by atoms with van der Waals surface area (Å²) in [4.78, 5) is 72.8. The average molecular weight is 1410 g/mol. The van der Waals surface area contributed by atoms with Crippen molar-refractivity contribution in [3.05, 3.63) is 24.3 Å². The molecule has 0 saturated carbocycles. The fraction of sp³-hybridized carbons (Fsp3) is 0.896. The maximum Gasteiger partial charge on any atom is 0.472 e. The zero-order valence-corrected chi connectivity index (χ0v) is 64.1. The Morgan fingerprint density at radius 1 is 0.323 bits per heavy atom. The minimum Gasteiger partial charge on any atom is -0.462 e. The molecule has 0 fully saturated rings. The van der Waals surface area contributed by atoms with Gasteiger partial charge in [0.25, 0.3) is 0 Å². The fourth-order valence-corrected chi connectivity index (χ4v) is 12.8. The molecule has 0 aromatic rings. The van der Waals surface area contributed by atoms with Gasteiger partial charge < -0.3 is 33.8 Å². The molecule has 3 N–H and O–H groups in total. The molecule has 0 aromatic carbocycles. The molecule has 0 aliphatic rings. The van der Waals surface area contributed by atoms with Gasteiger partial charge in [-0.3, -0.25) is 37.3 Å². The van der Waals surface area contributed by atoms with Crippen LogP contribution < -0.4 is 0 Å². The Kier molecular flexibility index (Phi) is 65.3. The predicted molar refractivity (Wildman–Crippen MR) is 390 cm³/mol. The van der Waals surface area contributed by atoms with Crippen LogP contribution in [0.25, 0.3) is 0 Å². The molecule has 0 radical (unpaired) electrons. The molecule has 3 unspecified atom stereocenters. The van der Waals surface area contributed by atoms with Gasteiger partial charge in [-0.05, 0) is 69.1 Å². The molecule has 0 aliphatic carbocycles. The zero-order chi connectivity index (χ0) is 70.9. The van der Waals surface area contributed by atoms with E-state index in [1.165, 1.54) is 154 Å². The van der Waals surface area contributed by atoms with Crippen molar-refractivity contribution in [3.63, 3.8) is 0 Å². The summed E-state index contributed by atoms with van der Waals surface area (Å²) in [7, 11) is -9.92. The molecule has 5 atom stereocenters. The highest BCUT2D eigenvalue weighted by molar-refractivity contribution is 7.47. The Morgan fingerprint density at radius 3 is 0.844 bits per heavy atom. The summed E-state index contributed by atoms with van der Waals surface area (Å²) < 4.78 is 68.5. The van der Waals surface area contributed by atoms with Gasteiger partial charge in [-0.15, -0.1) is 0 Å². The van der Waals surface area contributed by atoms with Crippen molar-refractivity contribution in [2.45, 2.75) is 388 Å². The van der Waals surface area contributed by atoms with Crippen LogP contribution in [0, 0.1) is 17.8 Å². The molecule has 96 heavy (non-hydrogen) atoms. The molecule has 0 aromatic heterocycles. The van der Waals surface area contributed by atoms with E-state index < -0.39 is 97.5 Å². The quantitative estimate of drug-likeness (QED) is 0.0169. The third-order valence-electron chi connectivity index (χ3n) is 17.3. The van der Waals surface area contributed by atoms with E-state index >= 15 is 0 Å². The van der Waals surface area contributed by atoms with Crippen LogP contribution >= 0.6 is 15.6 Å². The van der Waals surface area contributed by atoms with E-state index in [-0.39, 0.29) is 25.7 Å². The molecular weight excluding hydrogens is 1260 g/mol. The fourth-order valence-electron chi connectivity index (χ4n) is 11.2. The van der Waals surface area contributed by atoms with Gasteiger partial charge in [0.05, 0.1) is 26.4 Å². The Balaban J connectivity index is 5.24. The third-order valence-corrected chi connectivity index (χ3v) is 19.2. The summed E-state index contributed by atoms with van der Waals surface area (Å²) in [6.07, 6.45) is 56.5. The largest absolute Gasteiger partial charge is 0.472 e. The first kappa shape index (κ1) is 93.5. The highest BCUT2D eigenvalue weighted by Crippen LogP contribution is 2.45. The van der Waals surface area contributed by atoms with E-state index in [0.29, 0.717) is 31.6 Å². The van der Waals surface area contributed by atoms with Crippen molar-refractivity contribution in [3.8, 4) is 0 Å². The lowest BCUT2D eigenvalue weighted by Gasteiger charge is -2.21. The van der Waals surface area contributed by atoms with Gasteiger partial charge in [0.2, 0.25) is 0 Å².